The van der Waals surface area contributed by atoms with Crippen molar-refractivity contribution in [2.24, 2.45) is 0 Å². The highest BCUT2D eigenvalue weighted by atomic mass is 32.1. The number of H-pyrrole nitrogens is 1. The second kappa shape index (κ2) is 5.33. The van der Waals surface area contributed by atoms with E-state index in [0.29, 0.717) is 0 Å². The second-order valence-corrected chi connectivity index (χ2v) is 5.07. The van der Waals surface area contributed by atoms with Crippen molar-refractivity contribution < 1.29 is 24.4 Å². The smallest absolute Gasteiger partial charge is 0.182 e. The van der Waals surface area contributed by atoms with Gasteiger partial charge in [0.2, 0.25) is 0 Å². The summed E-state index contributed by atoms with van der Waals surface area (Å²) in [6.45, 7) is -0.711. The first kappa shape index (κ1) is 15.2. The summed E-state index contributed by atoms with van der Waals surface area (Å²) in [5, 5.41) is 29.2. The summed E-state index contributed by atoms with van der Waals surface area (Å²) in [5.41, 5.74) is -1.78. The number of nitrogens with zero attached hydrogens (tertiary/aromatic N) is 1. The quantitative estimate of drug-likeness (QED) is 0.454. The molecule has 1 aliphatic rings. The molecule has 0 bridgehead atoms. The van der Waals surface area contributed by atoms with Crippen LogP contribution in [0, 0.1) is 27.6 Å². The summed E-state index contributed by atoms with van der Waals surface area (Å²) in [6.07, 6.45) is 1.87. The Morgan fingerprint density at radius 2 is 2.20 bits per heavy atom. The molecule has 0 aliphatic carbocycles. The van der Waals surface area contributed by atoms with E-state index >= 15 is 0 Å². The van der Waals surface area contributed by atoms with Gasteiger partial charge >= 0.3 is 0 Å². The maximum atomic E-state index is 13.5. The average Bonchev–Trinajstić information content (AvgIpc) is 2.68. The molecule has 9 heteroatoms. The van der Waals surface area contributed by atoms with Gasteiger partial charge in [-0.05, 0) is 12.2 Å². The molecule has 1 unspecified atom stereocenters. The van der Waals surface area contributed by atoms with Gasteiger partial charge < -0.3 is 25.0 Å². The van der Waals surface area contributed by atoms with Crippen molar-refractivity contribution >= 4 is 24.4 Å². The van der Waals surface area contributed by atoms with Crippen LogP contribution >= 0.6 is 24.4 Å². The summed E-state index contributed by atoms with van der Waals surface area (Å²) in [4.78, 5) is 2.41. The van der Waals surface area contributed by atoms with E-state index < -0.39 is 36.5 Å². The molecule has 2 rings (SSSR count). The Hall–Kier alpha value is -1.15. The fraction of sp³-hybridized carbons (Fsp3) is 0.455. The van der Waals surface area contributed by atoms with Gasteiger partial charge in [-0.25, -0.2) is 4.39 Å². The van der Waals surface area contributed by atoms with Gasteiger partial charge in [0.1, 0.15) is 16.8 Å². The van der Waals surface area contributed by atoms with Crippen LogP contribution in [-0.4, -0.2) is 49.3 Å². The van der Waals surface area contributed by atoms with Crippen molar-refractivity contribution in [1.29, 1.82) is 0 Å². The maximum absolute atomic E-state index is 13.5. The predicted molar refractivity (Wildman–Crippen MR) is 71.2 cm³/mol. The van der Waals surface area contributed by atoms with Gasteiger partial charge in [-0.3, -0.25) is 4.57 Å². The number of aromatic amines is 1. The van der Waals surface area contributed by atoms with Crippen LogP contribution in [0.1, 0.15) is 6.23 Å². The van der Waals surface area contributed by atoms with E-state index in [9.17, 15) is 19.7 Å². The van der Waals surface area contributed by atoms with E-state index in [-0.39, 0.29) is 9.41 Å². The lowest BCUT2D eigenvalue weighted by atomic mass is 9.97. The number of aliphatic hydroxyl groups excluding tert-OH is 3. The van der Waals surface area contributed by atoms with Gasteiger partial charge in [0.25, 0.3) is 0 Å². The molecule has 4 atom stereocenters. The Morgan fingerprint density at radius 3 is 2.70 bits per heavy atom. The molecule has 0 saturated carbocycles. The summed E-state index contributed by atoms with van der Waals surface area (Å²) in [6, 6.07) is 0. The third-order valence-electron chi connectivity index (χ3n) is 3.10. The van der Waals surface area contributed by atoms with Crippen molar-refractivity contribution in [1.82, 2.24) is 9.55 Å². The largest absolute Gasteiger partial charge is 0.392 e. The van der Waals surface area contributed by atoms with Crippen molar-refractivity contribution in [3.63, 3.8) is 0 Å². The number of terminal acetylenes is 1. The molecule has 0 amide bonds. The molecule has 0 spiro atoms. The van der Waals surface area contributed by atoms with Crippen molar-refractivity contribution in [2.75, 3.05) is 6.61 Å². The van der Waals surface area contributed by atoms with Crippen LogP contribution in [0.25, 0.3) is 0 Å². The number of nitrogens with one attached hydrogen (secondary N) is 1. The third kappa shape index (κ3) is 2.20. The highest BCUT2D eigenvalue weighted by Gasteiger charge is 2.54. The molecular formula is C11H11FN2O4S2. The van der Waals surface area contributed by atoms with E-state index in [1.54, 1.807) is 0 Å². The first-order chi connectivity index (χ1) is 9.36. The molecule has 2 heterocycles. The highest BCUT2D eigenvalue weighted by molar-refractivity contribution is 7.72. The average molecular weight is 318 g/mol. The van der Waals surface area contributed by atoms with Crippen LogP contribution in [0.15, 0.2) is 6.20 Å². The van der Waals surface area contributed by atoms with Gasteiger partial charge in [-0.2, -0.15) is 0 Å². The zero-order chi connectivity index (χ0) is 15.1. The summed E-state index contributed by atoms with van der Waals surface area (Å²) < 4.78 is 19.7. The van der Waals surface area contributed by atoms with Crippen LogP contribution < -0.4 is 0 Å². The number of aliphatic hydroxyl groups is 3. The van der Waals surface area contributed by atoms with Crippen LogP contribution in [-0.2, 0) is 4.74 Å². The van der Waals surface area contributed by atoms with E-state index in [1.807, 2.05) is 0 Å². The normalized spacial score (nSPS) is 33.0. The molecular weight excluding hydrogens is 307 g/mol. The van der Waals surface area contributed by atoms with Crippen molar-refractivity contribution in [3.05, 3.63) is 21.4 Å². The van der Waals surface area contributed by atoms with Gasteiger partial charge in [-0.15, -0.1) is 6.42 Å². The minimum atomic E-state index is -1.78. The lowest BCUT2D eigenvalue weighted by Gasteiger charge is -2.23. The summed E-state index contributed by atoms with van der Waals surface area (Å²) in [7, 11) is 0. The van der Waals surface area contributed by atoms with Gasteiger partial charge in [-0.1, -0.05) is 18.1 Å². The van der Waals surface area contributed by atoms with Crippen molar-refractivity contribution in [2.45, 2.75) is 24.0 Å². The first-order valence-corrected chi connectivity index (χ1v) is 6.31. The van der Waals surface area contributed by atoms with Crippen LogP contribution in [0.3, 0.4) is 0 Å². The molecule has 0 radical (unpaired) electrons. The molecule has 20 heavy (non-hydrogen) atoms. The fourth-order valence-electron chi connectivity index (χ4n) is 1.95. The number of hydrogen-bond acceptors (Lipinski definition) is 6. The molecule has 6 nitrogen and oxygen atoms in total. The SMILES string of the molecule is C#C[C@]1(CO)O[C@@H](n2cc(F)c(=S)[nH]c2=S)[C@@H](O)C1O. The predicted octanol–water partition coefficient (Wildman–Crippen LogP) is 0.0292. The fourth-order valence-corrected chi connectivity index (χ4v) is 2.43. The number of halogens is 1. The number of hydrogen-bond donors (Lipinski definition) is 4. The number of aromatic nitrogens is 2. The first-order valence-electron chi connectivity index (χ1n) is 5.50. The summed E-state index contributed by atoms with van der Waals surface area (Å²) in [5.74, 6) is 1.32. The Bertz CT molecular complexity index is 682. The van der Waals surface area contributed by atoms with E-state index in [2.05, 4.69) is 23.1 Å². The number of ether oxygens (including phenoxy) is 1. The van der Waals surface area contributed by atoms with Crippen LogP contribution in [0.2, 0.25) is 0 Å². The molecule has 108 valence electrons. The van der Waals surface area contributed by atoms with E-state index in [0.717, 1.165) is 10.8 Å². The molecule has 0 aromatic carbocycles. The Labute approximate surface area is 123 Å². The highest BCUT2D eigenvalue weighted by Crippen LogP contribution is 2.36. The molecule has 1 saturated heterocycles. The Morgan fingerprint density at radius 1 is 1.55 bits per heavy atom. The van der Waals surface area contributed by atoms with Gasteiger partial charge in [0.05, 0.1) is 6.61 Å². The second-order valence-electron chi connectivity index (χ2n) is 4.28. The Balaban J connectivity index is 2.51. The minimum absolute atomic E-state index is 0.0154. The zero-order valence-corrected chi connectivity index (χ0v) is 11.6. The molecule has 4 N–H and O–H groups in total. The van der Waals surface area contributed by atoms with Crippen LogP contribution in [0.4, 0.5) is 4.39 Å². The van der Waals surface area contributed by atoms with Gasteiger partial charge in [0.15, 0.2) is 22.4 Å². The summed E-state index contributed by atoms with van der Waals surface area (Å²) >= 11 is 9.64. The molecule has 1 aromatic heterocycles. The maximum Gasteiger partial charge on any atom is 0.182 e. The van der Waals surface area contributed by atoms with E-state index in [4.69, 9.17) is 23.4 Å². The standard InChI is InChI=1S/C11H11FN2O4S2/c1-2-11(4-15)7(17)6(16)9(18-11)14-3-5(12)8(19)13-10(14)20/h1,3,6-7,9,15-17H,4H2,(H,13,19,20)/t6-,7?,9+,11+/m0/s1. The zero-order valence-electron chi connectivity index (χ0n) is 9.99. The van der Waals surface area contributed by atoms with Crippen molar-refractivity contribution in [3.8, 4) is 12.3 Å². The molecule has 1 aromatic rings. The molecule has 1 fully saturated rings. The lowest BCUT2D eigenvalue weighted by molar-refractivity contribution is -0.0932. The van der Waals surface area contributed by atoms with E-state index in [1.165, 1.54) is 0 Å². The number of rotatable bonds is 2. The third-order valence-corrected chi connectivity index (χ3v) is 3.71. The van der Waals surface area contributed by atoms with Crippen LogP contribution in [0.5, 0.6) is 0 Å². The Kier molecular flexibility index (Phi) is 4.06. The minimum Gasteiger partial charge on any atom is -0.392 e. The molecule has 1 aliphatic heterocycles. The topological polar surface area (TPSA) is 90.6 Å². The lowest BCUT2D eigenvalue weighted by Crippen LogP contribution is -2.44. The van der Waals surface area contributed by atoms with Gasteiger partial charge in [0, 0.05) is 6.20 Å². The monoisotopic (exact) mass is 318 g/mol.